The fourth-order valence-electron chi connectivity index (χ4n) is 6.41. The van der Waals surface area contributed by atoms with E-state index in [4.69, 9.17) is 4.74 Å². The van der Waals surface area contributed by atoms with E-state index in [1.807, 2.05) is 0 Å². The summed E-state index contributed by atoms with van der Waals surface area (Å²) in [7, 11) is 0. The minimum absolute atomic E-state index is 0.0246. The van der Waals surface area contributed by atoms with Crippen molar-refractivity contribution < 1.29 is 24.0 Å². The number of rotatable bonds is 5. The number of hydrogen-bond acceptors (Lipinski definition) is 6. The van der Waals surface area contributed by atoms with Crippen molar-refractivity contribution in [2.45, 2.75) is 38.5 Å². The van der Waals surface area contributed by atoms with Crippen molar-refractivity contribution in [2.75, 3.05) is 13.2 Å². The van der Waals surface area contributed by atoms with Gasteiger partial charge in [-0.15, -0.1) is 0 Å². The van der Waals surface area contributed by atoms with Crippen LogP contribution in [0.15, 0.2) is 18.2 Å². The maximum Gasteiger partial charge on any atom is 0.312 e. The first kappa shape index (κ1) is 18.3. The Labute approximate surface area is 167 Å². The van der Waals surface area contributed by atoms with Crippen LogP contribution < -0.4 is 0 Å². The molecule has 0 unspecified atom stereocenters. The van der Waals surface area contributed by atoms with Gasteiger partial charge in [-0.25, -0.2) is 0 Å². The van der Waals surface area contributed by atoms with E-state index in [1.54, 1.807) is 0 Å². The van der Waals surface area contributed by atoms with Gasteiger partial charge in [-0.2, -0.15) is 0 Å². The minimum atomic E-state index is -0.705. The van der Waals surface area contributed by atoms with E-state index in [0.29, 0.717) is 17.8 Å². The fraction of sp³-hybridized carbons (Fsp3) is 0.571. The third-order valence-corrected chi connectivity index (χ3v) is 7.19. The number of carbonyl (C=O) groups excluding carboxylic acids is 3. The van der Waals surface area contributed by atoms with Crippen LogP contribution in [0.3, 0.4) is 0 Å². The van der Waals surface area contributed by atoms with Gasteiger partial charge < -0.3 is 4.74 Å². The number of ether oxygens (including phenoxy) is 1. The number of carbonyl (C=O) groups is 3. The van der Waals surface area contributed by atoms with Gasteiger partial charge in [0.25, 0.3) is 17.5 Å². The SMILES string of the molecule is O=C1c2cccc([N+](=O)[O-])c2C(=O)N1CCOC(=O)C12CC3CC(CC(C3)C1)C2. The summed E-state index contributed by atoms with van der Waals surface area (Å²) < 4.78 is 5.54. The van der Waals surface area contributed by atoms with Crippen LogP contribution >= 0.6 is 0 Å². The van der Waals surface area contributed by atoms with Crippen LogP contribution in [-0.4, -0.2) is 40.8 Å². The predicted octanol–water partition coefficient (Wildman–Crippen LogP) is 2.95. The van der Waals surface area contributed by atoms with E-state index in [0.717, 1.165) is 24.2 Å². The van der Waals surface area contributed by atoms with E-state index in [2.05, 4.69) is 0 Å². The van der Waals surface area contributed by atoms with Crippen LogP contribution in [0.2, 0.25) is 0 Å². The summed E-state index contributed by atoms with van der Waals surface area (Å²) in [4.78, 5) is 49.5. The van der Waals surface area contributed by atoms with Gasteiger partial charge >= 0.3 is 5.97 Å². The van der Waals surface area contributed by atoms with Crippen molar-refractivity contribution in [3.63, 3.8) is 0 Å². The molecule has 1 heterocycles. The Kier molecular flexibility index (Phi) is 4.01. The number of amides is 2. The van der Waals surface area contributed by atoms with Crippen molar-refractivity contribution in [1.29, 1.82) is 0 Å². The topological polar surface area (TPSA) is 107 Å². The first-order valence-electron chi connectivity index (χ1n) is 10.2. The van der Waals surface area contributed by atoms with Gasteiger partial charge in [0.05, 0.1) is 22.4 Å². The Balaban J connectivity index is 1.25. The molecular formula is C21H22N2O6. The first-order chi connectivity index (χ1) is 13.9. The van der Waals surface area contributed by atoms with Crippen LogP contribution in [0.25, 0.3) is 0 Å². The molecule has 4 aliphatic carbocycles. The van der Waals surface area contributed by atoms with E-state index in [1.165, 1.54) is 37.5 Å². The predicted molar refractivity (Wildman–Crippen MR) is 100 cm³/mol. The van der Waals surface area contributed by atoms with Crippen molar-refractivity contribution in [1.82, 2.24) is 4.90 Å². The standard InChI is InChI=1S/C21H22N2O6/c24-18-15-2-1-3-16(23(27)28)17(15)19(25)22(18)4-5-29-20(26)21-9-12-6-13(10-21)8-14(7-12)11-21/h1-3,12-14H,4-11H2. The molecule has 0 atom stereocenters. The van der Waals surface area contributed by atoms with E-state index in [9.17, 15) is 24.5 Å². The number of benzene rings is 1. The Hall–Kier alpha value is -2.77. The highest BCUT2D eigenvalue weighted by molar-refractivity contribution is 6.23. The lowest BCUT2D eigenvalue weighted by Crippen LogP contribution is -2.50. The Morgan fingerprint density at radius 2 is 1.72 bits per heavy atom. The van der Waals surface area contributed by atoms with Gasteiger partial charge in [0, 0.05) is 6.07 Å². The minimum Gasteiger partial charge on any atom is -0.463 e. The maximum absolute atomic E-state index is 12.9. The molecule has 8 heteroatoms. The quantitative estimate of drug-likeness (QED) is 0.327. The van der Waals surface area contributed by atoms with Crippen LogP contribution in [0.1, 0.15) is 59.2 Å². The summed E-state index contributed by atoms with van der Waals surface area (Å²) in [5, 5.41) is 11.2. The number of imide groups is 1. The zero-order valence-electron chi connectivity index (χ0n) is 16.0. The van der Waals surface area contributed by atoms with Gasteiger partial charge in [-0.05, 0) is 62.3 Å². The Bertz CT molecular complexity index is 904. The van der Waals surface area contributed by atoms with E-state index in [-0.39, 0.29) is 35.9 Å². The van der Waals surface area contributed by atoms with Crippen LogP contribution in [-0.2, 0) is 9.53 Å². The van der Waals surface area contributed by atoms with E-state index < -0.39 is 22.2 Å². The largest absolute Gasteiger partial charge is 0.463 e. The summed E-state index contributed by atoms with van der Waals surface area (Å²) in [6.07, 6.45) is 6.33. The molecule has 1 aromatic rings. The highest BCUT2D eigenvalue weighted by Gasteiger charge is 2.55. The fourth-order valence-corrected chi connectivity index (χ4v) is 6.41. The lowest BCUT2D eigenvalue weighted by Gasteiger charge is -2.55. The summed E-state index contributed by atoms with van der Waals surface area (Å²) in [5.74, 6) is 0.351. The van der Waals surface area contributed by atoms with Gasteiger partial charge in [-0.1, -0.05) is 6.07 Å². The average Bonchev–Trinajstić information content (AvgIpc) is 2.91. The smallest absolute Gasteiger partial charge is 0.312 e. The van der Waals surface area contributed by atoms with Gasteiger partial charge in [0.1, 0.15) is 12.2 Å². The monoisotopic (exact) mass is 398 g/mol. The molecule has 0 spiro atoms. The molecule has 1 aromatic carbocycles. The number of nitro groups is 1. The van der Waals surface area contributed by atoms with Crippen molar-refractivity contribution in [3.8, 4) is 0 Å². The second-order valence-electron chi connectivity index (χ2n) is 9.05. The summed E-state index contributed by atoms with van der Waals surface area (Å²) in [6, 6.07) is 4.00. The molecule has 6 rings (SSSR count). The maximum atomic E-state index is 12.9. The number of fused-ring (bicyclic) bond motifs is 1. The molecule has 4 fully saturated rings. The highest BCUT2D eigenvalue weighted by Crippen LogP contribution is 2.60. The van der Waals surface area contributed by atoms with Crippen LogP contribution in [0, 0.1) is 33.3 Å². The molecule has 0 aromatic heterocycles. The first-order valence-corrected chi connectivity index (χ1v) is 10.2. The third kappa shape index (κ3) is 2.76. The molecule has 0 N–H and O–H groups in total. The summed E-state index contributed by atoms with van der Waals surface area (Å²) >= 11 is 0. The molecule has 2 amide bonds. The number of nitro benzene ring substituents is 1. The molecule has 0 saturated heterocycles. The number of hydrogen-bond donors (Lipinski definition) is 0. The van der Waals surface area contributed by atoms with Crippen LogP contribution in [0.4, 0.5) is 5.69 Å². The average molecular weight is 398 g/mol. The van der Waals surface area contributed by atoms with Gasteiger partial charge in [0.15, 0.2) is 0 Å². The zero-order valence-corrected chi connectivity index (χ0v) is 16.0. The Morgan fingerprint density at radius 1 is 1.10 bits per heavy atom. The molecule has 0 radical (unpaired) electrons. The van der Waals surface area contributed by atoms with Crippen LogP contribution in [0.5, 0.6) is 0 Å². The van der Waals surface area contributed by atoms with Gasteiger partial charge in [-0.3, -0.25) is 29.4 Å². The molecule has 8 nitrogen and oxygen atoms in total. The lowest BCUT2D eigenvalue weighted by atomic mass is 9.49. The second kappa shape index (κ2) is 6.37. The molecule has 152 valence electrons. The number of nitrogens with zero attached hydrogens (tertiary/aromatic N) is 2. The number of esters is 1. The van der Waals surface area contributed by atoms with E-state index >= 15 is 0 Å². The molecule has 29 heavy (non-hydrogen) atoms. The third-order valence-electron chi connectivity index (χ3n) is 7.19. The van der Waals surface area contributed by atoms with Crippen molar-refractivity contribution in [2.24, 2.45) is 23.2 Å². The normalized spacial score (nSPS) is 31.9. The summed E-state index contributed by atoms with van der Waals surface area (Å²) in [5.41, 5.74) is -0.935. The Morgan fingerprint density at radius 3 is 2.31 bits per heavy atom. The second-order valence-corrected chi connectivity index (χ2v) is 9.05. The molecular weight excluding hydrogens is 376 g/mol. The summed E-state index contributed by atoms with van der Waals surface area (Å²) in [6.45, 7) is -0.179. The molecule has 4 bridgehead atoms. The molecule has 5 aliphatic rings. The van der Waals surface area contributed by atoms with Crippen molar-refractivity contribution in [3.05, 3.63) is 39.4 Å². The zero-order chi connectivity index (χ0) is 20.3. The lowest BCUT2D eigenvalue weighted by molar-refractivity contribution is -0.385. The van der Waals surface area contributed by atoms with Gasteiger partial charge in [0.2, 0.25) is 0 Å². The molecule has 4 saturated carbocycles. The molecule has 1 aliphatic heterocycles. The highest BCUT2D eigenvalue weighted by atomic mass is 16.6. The van der Waals surface area contributed by atoms with Crippen molar-refractivity contribution >= 4 is 23.5 Å².